The van der Waals surface area contributed by atoms with Gasteiger partial charge in [-0.2, -0.15) is 0 Å². The predicted molar refractivity (Wildman–Crippen MR) is 82.7 cm³/mol. The van der Waals surface area contributed by atoms with Crippen molar-refractivity contribution in [2.24, 2.45) is 17.8 Å². The topological polar surface area (TPSA) is 26.3 Å². The molecule has 0 aromatic carbocycles. The lowest BCUT2D eigenvalue weighted by Crippen LogP contribution is -2.39. The molecule has 2 heteroatoms. The van der Waals surface area contributed by atoms with Crippen molar-refractivity contribution in [2.75, 3.05) is 6.61 Å². The van der Waals surface area contributed by atoms with Gasteiger partial charge in [-0.15, -0.1) is 0 Å². The second-order valence-corrected chi connectivity index (χ2v) is 6.81. The molecule has 2 rings (SSSR count). The van der Waals surface area contributed by atoms with Crippen LogP contribution in [0.15, 0.2) is 0 Å². The quantitative estimate of drug-likeness (QED) is 0.701. The molecule has 0 aromatic heterocycles. The smallest absolute Gasteiger partial charge is 0.164 e. The van der Waals surface area contributed by atoms with Crippen molar-refractivity contribution in [3.05, 3.63) is 0 Å². The molecule has 0 heterocycles. The normalized spacial score (nSPS) is 30.1. The average molecular weight is 280 g/mol. The molecular weight excluding hydrogens is 248 g/mol. The van der Waals surface area contributed by atoms with Crippen molar-refractivity contribution in [3.8, 4) is 0 Å². The van der Waals surface area contributed by atoms with Gasteiger partial charge in [0.25, 0.3) is 0 Å². The summed E-state index contributed by atoms with van der Waals surface area (Å²) >= 11 is 0. The van der Waals surface area contributed by atoms with Crippen molar-refractivity contribution >= 4 is 5.78 Å². The lowest BCUT2D eigenvalue weighted by Gasteiger charge is -2.34. The van der Waals surface area contributed by atoms with E-state index in [4.69, 9.17) is 4.74 Å². The lowest BCUT2D eigenvalue weighted by atomic mass is 9.74. The molecule has 0 saturated heterocycles. The van der Waals surface area contributed by atoms with Crippen molar-refractivity contribution in [1.82, 2.24) is 0 Å². The number of ketones is 1. The van der Waals surface area contributed by atoms with Gasteiger partial charge in [0.05, 0.1) is 0 Å². The van der Waals surface area contributed by atoms with Crippen LogP contribution in [0.1, 0.15) is 78.1 Å². The summed E-state index contributed by atoms with van der Waals surface area (Å²) in [7, 11) is 0. The molecule has 116 valence electrons. The number of hydrogen-bond donors (Lipinski definition) is 0. The first-order valence-electron chi connectivity index (χ1n) is 8.91. The summed E-state index contributed by atoms with van der Waals surface area (Å²) in [4.78, 5) is 12.9. The van der Waals surface area contributed by atoms with E-state index >= 15 is 0 Å². The number of hydrogen-bond acceptors (Lipinski definition) is 2. The third kappa shape index (κ3) is 4.07. The SMILES string of the molecule is CCOC(C(=O)C1CCCC(CC)C1)C1CCCCC1. The van der Waals surface area contributed by atoms with Gasteiger partial charge in [-0.3, -0.25) is 4.79 Å². The molecule has 2 nitrogen and oxygen atoms in total. The minimum atomic E-state index is -0.0964. The molecule has 0 bridgehead atoms. The van der Waals surface area contributed by atoms with Gasteiger partial charge in [-0.05, 0) is 44.4 Å². The summed E-state index contributed by atoms with van der Waals surface area (Å²) in [5.74, 6) is 1.99. The second-order valence-electron chi connectivity index (χ2n) is 6.81. The van der Waals surface area contributed by atoms with Crippen molar-refractivity contribution in [2.45, 2.75) is 84.2 Å². The Morgan fingerprint density at radius 2 is 1.80 bits per heavy atom. The zero-order valence-electron chi connectivity index (χ0n) is 13.4. The number of carbonyl (C=O) groups is 1. The van der Waals surface area contributed by atoms with Crippen molar-refractivity contribution in [3.63, 3.8) is 0 Å². The first-order valence-corrected chi connectivity index (χ1v) is 8.91. The Bertz CT molecular complexity index is 294. The van der Waals surface area contributed by atoms with Crippen LogP contribution in [0.5, 0.6) is 0 Å². The van der Waals surface area contributed by atoms with Crippen LogP contribution in [0.3, 0.4) is 0 Å². The van der Waals surface area contributed by atoms with Gasteiger partial charge in [-0.1, -0.05) is 45.4 Å². The Hall–Kier alpha value is -0.370. The first kappa shape index (κ1) is 16.0. The molecule has 20 heavy (non-hydrogen) atoms. The monoisotopic (exact) mass is 280 g/mol. The van der Waals surface area contributed by atoms with Crippen LogP contribution < -0.4 is 0 Å². The molecule has 0 amide bonds. The highest BCUT2D eigenvalue weighted by Crippen LogP contribution is 2.36. The van der Waals surface area contributed by atoms with Crippen molar-refractivity contribution in [1.29, 1.82) is 0 Å². The van der Waals surface area contributed by atoms with E-state index in [1.165, 1.54) is 51.4 Å². The van der Waals surface area contributed by atoms with Crippen LogP contribution in [0.4, 0.5) is 0 Å². The van der Waals surface area contributed by atoms with E-state index in [1.807, 2.05) is 6.92 Å². The van der Waals surface area contributed by atoms with Crippen LogP contribution in [-0.4, -0.2) is 18.5 Å². The molecule has 0 aromatic rings. The van der Waals surface area contributed by atoms with Gasteiger partial charge < -0.3 is 4.74 Å². The second kappa shape index (κ2) is 8.17. The van der Waals surface area contributed by atoms with E-state index in [0.29, 0.717) is 18.3 Å². The standard InChI is InChI=1S/C18H32O2/c1-3-14-9-8-12-16(13-14)17(19)18(20-4-2)15-10-6-5-7-11-15/h14-16,18H,3-13H2,1-2H3. The minimum absolute atomic E-state index is 0.0964. The summed E-state index contributed by atoms with van der Waals surface area (Å²) in [6, 6.07) is 0. The van der Waals surface area contributed by atoms with Crippen LogP contribution in [0, 0.1) is 17.8 Å². The summed E-state index contributed by atoms with van der Waals surface area (Å²) in [6.45, 7) is 4.97. The highest BCUT2D eigenvalue weighted by Gasteiger charge is 2.36. The van der Waals surface area contributed by atoms with Gasteiger partial charge in [0.1, 0.15) is 6.10 Å². The van der Waals surface area contributed by atoms with Gasteiger partial charge >= 0.3 is 0 Å². The average Bonchev–Trinajstić information content (AvgIpc) is 2.53. The van der Waals surface area contributed by atoms with E-state index in [9.17, 15) is 4.79 Å². The van der Waals surface area contributed by atoms with Gasteiger partial charge in [0.15, 0.2) is 5.78 Å². The van der Waals surface area contributed by atoms with E-state index in [0.717, 1.165) is 18.8 Å². The number of ether oxygens (including phenoxy) is 1. The maximum atomic E-state index is 12.9. The summed E-state index contributed by atoms with van der Waals surface area (Å²) < 4.78 is 5.92. The molecule has 2 aliphatic rings. The Labute approximate surface area is 124 Å². The molecule has 0 spiro atoms. The Morgan fingerprint density at radius 1 is 1.05 bits per heavy atom. The van der Waals surface area contributed by atoms with Crippen molar-refractivity contribution < 1.29 is 9.53 Å². The first-order chi connectivity index (χ1) is 9.76. The highest BCUT2D eigenvalue weighted by molar-refractivity contribution is 5.85. The zero-order chi connectivity index (χ0) is 14.4. The lowest BCUT2D eigenvalue weighted by molar-refractivity contribution is -0.140. The van der Waals surface area contributed by atoms with Crippen LogP contribution in [0.2, 0.25) is 0 Å². The third-order valence-electron chi connectivity index (χ3n) is 5.47. The molecule has 2 saturated carbocycles. The van der Waals surface area contributed by atoms with Gasteiger partial charge in [0.2, 0.25) is 0 Å². The molecule has 3 unspecified atom stereocenters. The van der Waals surface area contributed by atoms with E-state index in [2.05, 4.69) is 6.92 Å². The molecule has 0 aliphatic heterocycles. The third-order valence-corrected chi connectivity index (χ3v) is 5.47. The Kier molecular flexibility index (Phi) is 6.54. The fraction of sp³-hybridized carbons (Fsp3) is 0.944. The molecule has 2 aliphatic carbocycles. The maximum absolute atomic E-state index is 12.9. The molecular formula is C18H32O2. The van der Waals surface area contributed by atoms with Gasteiger partial charge in [0, 0.05) is 12.5 Å². The van der Waals surface area contributed by atoms with Gasteiger partial charge in [-0.25, -0.2) is 0 Å². The Morgan fingerprint density at radius 3 is 2.45 bits per heavy atom. The van der Waals surface area contributed by atoms with E-state index in [1.54, 1.807) is 0 Å². The molecule has 2 fully saturated rings. The van der Waals surface area contributed by atoms with Crippen LogP contribution in [0.25, 0.3) is 0 Å². The highest BCUT2D eigenvalue weighted by atomic mass is 16.5. The largest absolute Gasteiger partial charge is 0.370 e. The number of Topliss-reactive ketones (excluding diaryl/α,β-unsaturated/α-hetero) is 1. The van der Waals surface area contributed by atoms with Crippen LogP contribution >= 0.6 is 0 Å². The number of carbonyl (C=O) groups excluding carboxylic acids is 1. The summed E-state index contributed by atoms with van der Waals surface area (Å²) in [5.41, 5.74) is 0. The molecule has 0 radical (unpaired) electrons. The molecule has 0 N–H and O–H groups in total. The summed E-state index contributed by atoms with van der Waals surface area (Å²) in [6.07, 6.45) is 12.2. The predicted octanol–water partition coefficient (Wildman–Crippen LogP) is 4.76. The molecule has 3 atom stereocenters. The minimum Gasteiger partial charge on any atom is -0.370 e. The summed E-state index contributed by atoms with van der Waals surface area (Å²) in [5, 5.41) is 0. The zero-order valence-corrected chi connectivity index (χ0v) is 13.4. The fourth-order valence-corrected chi connectivity index (χ4v) is 4.22. The maximum Gasteiger partial charge on any atom is 0.164 e. The Balaban J connectivity index is 1.98. The van der Waals surface area contributed by atoms with E-state index < -0.39 is 0 Å². The fourth-order valence-electron chi connectivity index (χ4n) is 4.22. The number of rotatable bonds is 6. The van der Waals surface area contributed by atoms with E-state index in [-0.39, 0.29) is 12.0 Å². The van der Waals surface area contributed by atoms with Crippen LogP contribution in [-0.2, 0) is 9.53 Å².